The fourth-order valence-corrected chi connectivity index (χ4v) is 9.96. The summed E-state index contributed by atoms with van der Waals surface area (Å²) in [6, 6.07) is -8.40. The standard InChI is InChI=1S/C50H79N9O17/c1-5-26(2)18-27(3)12-10-8-6-7-9-11-13-40(68)53-32-21-30(61)24-52-48(72)44-36(64)16-17-57(44)50(74)43(38(66)23-39(51)67)56-47(71)42(37(65)20-29-14-15-35(63)33(19-29)59(75)76)55-46(70)34-22-31(62)25-58(34)49(73)41(28(4)60)54-45(32)69/h14-15,19,26-28,30-32,34,36-38,41-44,60-66H,5-13,16-18,20-25H2,1-4H3,(H2,51,67)(H,52,72)(H,53,68)(H,54,69)(H,55,70)(H,56,71)/t26?,27?,28-,30+,31+,32?,34-,36-,37+,38-,41-,42-,43-,44-/m0/s1. The number of amides is 8. The maximum Gasteiger partial charge on any atom is 0.310 e. The first kappa shape index (κ1) is 62.5. The van der Waals surface area contributed by atoms with Crippen LogP contribution in [0.2, 0.25) is 0 Å². The summed E-state index contributed by atoms with van der Waals surface area (Å²) in [5.41, 5.74) is 4.48. The number of phenolic OH excluding ortho intramolecular Hbond substituents is 1. The zero-order chi connectivity index (χ0) is 56.6. The van der Waals surface area contributed by atoms with Gasteiger partial charge in [-0.2, -0.15) is 0 Å². The molecule has 0 spiro atoms. The molecule has 3 saturated heterocycles. The van der Waals surface area contributed by atoms with E-state index in [0.717, 1.165) is 73.4 Å². The normalized spacial score (nSPS) is 27.3. The molecule has 26 nitrogen and oxygen atoms in total. The van der Waals surface area contributed by atoms with Crippen molar-refractivity contribution in [2.45, 2.75) is 197 Å². The Kier molecular flexibility index (Phi) is 24.2. The summed E-state index contributed by atoms with van der Waals surface area (Å²) in [6.07, 6.45) is -4.95. The molecule has 14 atom stereocenters. The Hall–Kier alpha value is -6.06. The van der Waals surface area contributed by atoms with Gasteiger partial charge >= 0.3 is 5.69 Å². The van der Waals surface area contributed by atoms with Crippen molar-refractivity contribution in [2.24, 2.45) is 17.6 Å². The lowest BCUT2D eigenvalue weighted by Crippen LogP contribution is -2.64. The van der Waals surface area contributed by atoms with Crippen molar-refractivity contribution in [3.63, 3.8) is 0 Å². The molecule has 0 aliphatic carbocycles. The maximum atomic E-state index is 14.4. The maximum absolute atomic E-state index is 14.4. The molecule has 26 heteroatoms. The van der Waals surface area contributed by atoms with Crippen LogP contribution in [0.1, 0.15) is 123 Å². The Labute approximate surface area is 441 Å². The third-order valence-electron chi connectivity index (χ3n) is 14.4. The van der Waals surface area contributed by atoms with Crippen molar-refractivity contribution >= 4 is 52.9 Å². The van der Waals surface area contributed by atoms with Crippen molar-refractivity contribution in [1.82, 2.24) is 36.4 Å². The minimum atomic E-state index is -2.21. The smallest absolute Gasteiger partial charge is 0.310 e. The molecule has 3 heterocycles. The second-order valence-electron chi connectivity index (χ2n) is 20.8. The average Bonchev–Trinajstić information content (AvgIpc) is 3.95. The fraction of sp³-hybridized carbons (Fsp3) is 0.720. The van der Waals surface area contributed by atoms with E-state index in [1.807, 2.05) is 0 Å². The SMILES string of the molecule is CCC(C)CC(C)CCCCCCCCC(=O)NC1C[C@@H](O)CNC(=O)[C@@H]2[C@@H](O)CCN2C(=O)[C@H]([C@@H](O)CC(N)=O)NC(=O)[C@H]([C@H](O)Cc2ccc(O)c([N+](=O)[O-])c2)NC(=O)[C@@H]2C[C@@H](O)CN2C(=O)[C@H]([C@H](C)O)NC1=O. The monoisotopic (exact) mass is 1080 g/mol. The Morgan fingerprint density at radius 2 is 1.43 bits per heavy atom. The summed E-state index contributed by atoms with van der Waals surface area (Å²) in [7, 11) is 0. The highest BCUT2D eigenvalue weighted by molar-refractivity contribution is 5.98. The summed E-state index contributed by atoms with van der Waals surface area (Å²) in [5, 5.41) is 100. The van der Waals surface area contributed by atoms with Crippen molar-refractivity contribution < 1.29 is 79.0 Å². The number of nitrogens with one attached hydrogen (secondary N) is 5. The van der Waals surface area contributed by atoms with E-state index in [-0.39, 0.29) is 24.9 Å². The number of benzene rings is 1. The first-order chi connectivity index (χ1) is 35.8. The zero-order valence-corrected chi connectivity index (χ0v) is 43.7. The van der Waals surface area contributed by atoms with Crippen LogP contribution in [0.4, 0.5) is 5.69 Å². The summed E-state index contributed by atoms with van der Waals surface area (Å²) < 4.78 is 0. The van der Waals surface area contributed by atoms with Gasteiger partial charge in [-0.25, -0.2) is 0 Å². The second kappa shape index (κ2) is 29.5. The highest BCUT2D eigenvalue weighted by atomic mass is 16.6. The highest BCUT2D eigenvalue weighted by Gasteiger charge is 2.48. The summed E-state index contributed by atoms with van der Waals surface area (Å²) in [4.78, 5) is 123. The first-order valence-electron chi connectivity index (χ1n) is 26.2. The minimum absolute atomic E-state index is 0.0236. The molecule has 8 amide bonds. The van der Waals surface area contributed by atoms with E-state index in [4.69, 9.17) is 5.73 Å². The van der Waals surface area contributed by atoms with E-state index in [9.17, 15) is 84.2 Å². The van der Waals surface area contributed by atoms with Crippen LogP contribution in [0.15, 0.2) is 18.2 Å². The largest absolute Gasteiger partial charge is 0.502 e. The lowest BCUT2D eigenvalue weighted by atomic mass is 9.91. The molecule has 1 aromatic carbocycles. The second-order valence-corrected chi connectivity index (χ2v) is 20.8. The topological polar surface area (TPSA) is 414 Å². The number of rotatable bonds is 21. The molecular weight excluding hydrogens is 999 g/mol. The zero-order valence-electron chi connectivity index (χ0n) is 43.7. The number of aliphatic hydroxyl groups excluding tert-OH is 6. The Morgan fingerprint density at radius 3 is 2.08 bits per heavy atom. The number of nitro groups is 1. The highest BCUT2D eigenvalue weighted by Crippen LogP contribution is 2.28. The van der Waals surface area contributed by atoms with Gasteiger partial charge < -0.3 is 77.9 Å². The Morgan fingerprint density at radius 1 is 0.803 bits per heavy atom. The van der Waals surface area contributed by atoms with Gasteiger partial charge in [-0.3, -0.25) is 48.5 Å². The van der Waals surface area contributed by atoms with Crippen LogP contribution in [-0.4, -0.2) is 190 Å². The van der Waals surface area contributed by atoms with Crippen molar-refractivity contribution in [1.29, 1.82) is 0 Å². The number of aliphatic hydroxyl groups is 6. The van der Waals surface area contributed by atoms with E-state index in [2.05, 4.69) is 47.4 Å². The molecule has 3 aliphatic heterocycles. The van der Waals surface area contributed by atoms with Gasteiger partial charge in [0.25, 0.3) is 0 Å². The van der Waals surface area contributed by atoms with Gasteiger partial charge in [-0.1, -0.05) is 71.8 Å². The summed E-state index contributed by atoms with van der Waals surface area (Å²) in [5.74, 6) is -8.40. The lowest BCUT2D eigenvalue weighted by Gasteiger charge is -2.33. The molecule has 4 rings (SSSR count). The average molecular weight is 1080 g/mol. The number of unbranched alkanes of at least 4 members (excludes halogenated alkanes) is 5. The molecule has 0 saturated carbocycles. The third-order valence-corrected chi connectivity index (χ3v) is 14.4. The molecule has 0 bridgehead atoms. The van der Waals surface area contributed by atoms with E-state index in [0.29, 0.717) is 24.7 Å². The van der Waals surface area contributed by atoms with E-state index < -0.39 is 175 Å². The fourth-order valence-electron chi connectivity index (χ4n) is 9.96. The van der Waals surface area contributed by atoms with Crippen LogP contribution in [0.25, 0.3) is 0 Å². The molecule has 3 fully saturated rings. The molecule has 0 radical (unpaired) electrons. The number of carbonyl (C=O) groups excluding carboxylic acids is 8. The number of phenols is 1. The van der Waals surface area contributed by atoms with Gasteiger partial charge in [-0.05, 0) is 49.7 Å². The quantitative estimate of drug-likeness (QED) is 0.0352. The number of hydrogen-bond acceptors (Lipinski definition) is 17. The lowest BCUT2D eigenvalue weighted by molar-refractivity contribution is -0.385. The number of β-amino-alcohol motifs (C(OH)–C–C–N with tert-alkyl or cyclic N) is 1. The summed E-state index contributed by atoms with van der Waals surface area (Å²) >= 11 is 0. The van der Waals surface area contributed by atoms with Crippen LogP contribution in [0.3, 0.4) is 0 Å². The number of fused-ring (bicyclic) bond motifs is 2. The van der Waals surface area contributed by atoms with Gasteiger partial charge in [0.2, 0.25) is 47.3 Å². The molecule has 1 aromatic rings. The van der Waals surface area contributed by atoms with Gasteiger partial charge in [0.15, 0.2) is 5.75 Å². The Bertz CT molecular complexity index is 2200. The van der Waals surface area contributed by atoms with Crippen molar-refractivity contribution in [3.8, 4) is 5.75 Å². The van der Waals surface area contributed by atoms with Crippen LogP contribution in [0.5, 0.6) is 5.75 Å². The number of primary amides is 1. The van der Waals surface area contributed by atoms with E-state index in [1.54, 1.807) is 0 Å². The van der Waals surface area contributed by atoms with E-state index in [1.165, 1.54) is 6.42 Å². The van der Waals surface area contributed by atoms with Gasteiger partial charge in [-0.15, -0.1) is 0 Å². The number of nitrogens with zero attached hydrogens (tertiary/aromatic N) is 3. The number of aromatic hydroxyl groups is 1. The number of nitrogens with two attached hydrogens (primary N) is 1. The van der Waals surface area contributed by atoms with Crippen LogP contribution < -0.4 is 32.3 Å². The van der Waals surface area contributed by atoms with E-state index >= 15 is 0 Å². The minimum Gasteiger partial charge on any atom is -0.502 e. The Balaban J connectivity index is 1.68. The molecular formula is C50H79N9O17. The van der Waals surface area contributed by atoms with Gasteiger partial charge in [0.1, 0.15) is 36.3 Å². The van der Waals surface area contributed by atoms with Gasteiger partial charge in [0.05, 0.1) is 48.0 Å². The molecule has 0 aromatic heterocycles. The first-order valence-corrected chi connectivity index (χ1v) is 26.2. The molecule has 14 N–H and O–H groups in total. The number of hydrogen-bond donors (Lipinski definition) is 13. The number of carbonyl (C=O) groups is 8. The molecule has 3 aliphatic rings. The number of nitro benzene ring substituents is 1. The van der Waals surface area contributed by atoms with Crippen LogP contribution >= 0.6 is 0 Å². The van der Waals surface area contributed by atoms with Crippen molar-refractivity contribution in [3.05, 3.63) is 33.9 Å². The summed E-state index contributed by atoms with van der Waals surface area (Å²) in [6.45, 7) is 6.26. The molecule has 3 unspecified atom stereocenters. The molecule has 76 heavy (non-hydrogen) atoms. The molecule has 426 valence electrons. The van der Waals surface area contributed by atoms with Gasteiger partial charge in [0, 0.05) is 51.4 Å². The van der Waals surface area contributed by atoms with Crippen molar-refractivity contribution in [2.75, 3.05) is 19.6 Å². The predicted octanol–water partition coefficient (Wildman–Crippen LogP) is -2.24. The van der Waals surface area contributed by atoms with Crippen LogP contribution in [-0.2, 0) is 44.8 Å². The predicted molar refractivity (Wildman–Crippen MR) is 270 cm³/mol. The van der Waals surface area contributed by atoms with Crippen LogP contribution in [0, 0.1) is 22.0 Å². The third kappa shape index (κ3) is 18.0.